The monoisotopic (exact) mass is 467 g/mol. The first-order chi connectivity index (χ1) is 15.7. The SMILES string of the molecule is CC(C)[C@]1(C(=O)N2CCN(c3ccc(C(F)(F)F)cc3)CC2)CC[C@@H](NC2CCOCC2)C1. The Balaban J connectivity index is 1.35. The Morgan fingerprint density at radius 1 is 1.03 bits per heavy atom. The molecule has 8 heteroatoms. The molecule has 33 heavy (non-hydrogen) atoms. The summed E-state index contributed by atoms with van der Waals surface area (Å²) in [6, 6.07) is 6.16. The molecule has 2 aliphatic heterocycles. The molecule has 2 atom stereocenters. The van der Waals surface area contributed by atoms with Gasteiger partial charge < -0.3 is 19.9 Å². The summed E-state index contributed by atoms with van der Waals surface area (Å²) in [4.78, 5) is 17.8. The van der Waals surface area contributed by atoms with E-state index < -0.39 is 11.7 Å². The predicted molar refractivity (Wildman–Crippen MR) is 122 cm³/mol. The van der Waals surface area contributed by atoms with E-state index in [0.29, 0.717) is 38.3 Å². The molecule has 1 aromatic carbocycles. The van der Waals surface area contributed by atoms with Gasteiger partial charge in [-0.3, -0.25) is 4.79 Å². The van der Waals surface area contributed by atoms with E-state index in [9.17, 15) is 18.0 Å². The lowest BCUT2D eigenvalue weighted by Gasteiger charge is -2.42. The molecule has 1 amide bonds. The quantitative estimate of drug-likeness (QED) is 0.701. The highest BCUT2D eigenvalue weighted by molar-refractivity contribution is 5.84. The number of carbonyl (C=O) groups is 1. The van der Waals surface area contributed by atoms with Crippen LogP contribution in [0.4, 0.5) is 18.9 Å². The van der Waals surface area contributed by atoms with Gasteiger partial charge >= 0.3 is 6.18 Å². The third kappa shape index (κ3) is 5.32. The zero-order chi connectivity index (χ0) is 23.6. The van der Waals surface area contributed by atoms with Crippen molar-refractivity contribution in [2.24, 2.45) is 11.3 Å². The van der Waals surface area contributed by atoms with Crippen LogP contribution < -0.4 is 10.2 Å². The van der Waals surface area contributed by atoms with Crippen molar-refractivity contribution in [2.75, 3.05) is 44.3 Å². The average Bonchev–Trinajstić information content (AvgIpc) is 3.24. The molecule has 0 radical (unpaired) electrons. The molecule has 2 heterocycles. The summed E-state index contributed by atoms with van der Waals surface area (Å²) in [5.41, 5.74) is -0.196. The molecule has 5 nitrogen and oxygen atoms in total. The smallest absolute Gasteiger partial charge is 0.381 e. The van der Waals surface area contributed by atoms with Crippen LogP contribution in [0.3, 0.4) is 0 Å². The number of piperazine rings is 1. The van der Waals surface area contributed by atoms with E-state index in [0.717, 1.165) is 63.1 Å². The van der Waals surface area contributed by atoms with Crippen molar-refractivity contribution in [3.63, 3.8) is 0 Å². The Bertz CT molecular complexity index is 800. The largest absolute Gasteiger partial charge is 0.416 e. The molecule has 4 rings (SSSR count). The van der Waals surface area contributed by atoms with Crippen LogP contribution in [0.2, 0.25) is 0 Å². The van der Waals surface area contributed by atoms with E-state index in [-0.39, 0.29) is 17.2 Å². The van der Waals surface area contributed by atoms with Gasteiger partial charge in [0.1, 0.15) is 0 Å². The number of alkyl halides is 3. The van der Waals surface area contributed by atoms with Crippen molar-refractivity contribution in [3.05, 3.63) is 29.8 Å². The molecular weight excluding hydrogens is 431 g/mol. The van der Waals surface area contributed by atoms with Gasteiger partial charge in [-0.2, -0.15) is 13.2 Å². The van der Waals surface area contributed by atoms with Gasteiger partial charge in [-0.25, -0.2) is 0 Å². The van der Waals surface area contributed by atoms with E-state index in [1.165, 1.54) is 12.1 Å². The van der Waals surface area contributed by atoms with Gasteiger partial charge in [-0.05, 0) is 62.3 Å². The number of amides is 1. The molecular formula is C25H36F3N3O2. The normalized spacial score (nSPS) is 27.4. The minimum atomic E-state index is -4.33. The minimum absolute atomic E-state index is 0.251. The van der Waals surface area contributed by atoms with Crippen LogP contribution in [-0.2, 0) is 15.7 Å². The fourth-order valence-electron chi connectivity index (χ4n) is 5.72. The third-order valence-corrected chi connectivity index (χ3v) is 7.90. The topological polar surface area (TPSA) is 44.8 Å². The first kappa shape index (κ1) is 24.3. The number of hydrogen-bond donors (Lipinski definition) is 1. The van der Waals surface area contributed by atoms with Crippen molar-refractivity contribution < 1.29 is 22.7 Å². The highest BCUT2D eigenvalue weighted by Crippen LogP contribution is 2.46. The van der Waals surface area contributed by atoms with Crippen molar-refractivity contribution in [1.29, 1.82) is 0 Å². The van der Waals surface area contributed by atoms with E-state index in [4.69, 9.17) is 4.74 Å². The summed E-state index contributed by atoms with van der Waals surface area (Å²) >= 11 is 0. The fraction of sp³-hybridized carbons (Fsp3) is 0.720. The van der Waals surface area contributed by atoms with Crippen molar-refractivity contribution in [2.45, 2.75) is 64.2 Å². The maximum atomic E-state index is 13.7. The summed E-state index contributed by atoms with van der Waals surface area (Å²) in [5.74, 6) is 0.514. The van der Waals surface area contributed by atoms with E-state index >= 15 is 0 Å². The van der Waals surface area contributed by atoms with Gasteiger partial charge in [-0.1, -0.05) is 13.8 Å². The van der Waals surface area contributed by atoms with E-state index in [2.05, 4.69) is 24.1 Å². The summed E-state index contributed by atoms with van der Waals surface area (Å²) in [6.07, 6.45) is 0.542. The molecule has 1 N–H and O–H groups in total. The number of ether oxygens (including phenoxy) is 1. The number of hydrogen-bond acceptors (Lipinski definition) is 4. The first-order valence-corrected chi connectivity index (χ1v) is 12.2. The lowest BCUT2D eigenvalue weighted by Crippen LogP contribution is -2.54. The summed E-state index contributed by atoms with van der Waals surface area (Å²) < 4.78 is 44.0. The van der Waals surface area contributed by atoms with Crippen molar-refractivity contribution in [1.82, 2.24) is 10.2 Å². The fourth-order valence-corrected chi connectivity index (χ4v) is 5.72. The maximum absolute atomic E-state index is 13.7. The van der Waals surface area contributed by atoms with Gasteiger partial charge in [0.2, 0.25) is 5.91 Å². The van der Waals surface area contributed by atoms with Crippen LogP contribution in [0.5, 0.6) is 0 Å². The standard InChI is InChI=1S/C25H36F3N3O2/c1-18(2)24(10-7-21(17-24)29-20-8-15-33-16-9-20)23(32)31-13-11-30(12-14-31)22-5-3-19(4-6-22)25(26,27)28/h3-6,18,20-21,29H,7-17H2,1-2H3/t21-,24+/m1/s1. The van der Waals surface area contributed by atoms with Gasteiger partial charge in [0.25, 0.3) is 0 Å². The number of nitrogens with one attached hydrogen (secondary N) is 1. The Morgan fingerprint density at radius 3 is 2.24 bits per heavy atom. The van der Waals surface area contributed by atoms with E-state index in [1.54, 1.807) is 0 Å². The molecule has 2 saturated heterocycles. The van der Waals surface area contributed by atoms with Crippen molar-refractivity contribution in [3.8, 4) is 0 Å². The van der Waals surface area contributed by atoms with Gasteiger partial charge in [0.05, 0.1) is 11.0 Å². The summed E-state index contributed by atoms with van der Waals surface area (Å²) in [6.45, 7) is 8.41. The number of halogens is 3. The summed E-state index contributed by atoms with van der Waals surface area (Å²) in [7, 11) is 0. The molecule has 3 fully saturated rings. The first-order valence-electron chi connectivity index (χ1n) is 12.2. The zero-order valence-corrected chi connectivity index (χ0v) is 19.7. The Labute approximate surface area is 194 Å². The highest BCUT2D eigenvalue weighted by Gasteiger charge is 2.49. The molecule has 3 aliphatic rings. The van der Waals surface area contributed by atoms with E-state index in [1.807, 2.05) is 4.90 Å². The molecule has 1 aromatic rings. The number of nitrogens with zero attached hydrogens (tertiary/aromatic N) is 2. The highest BCUT2D eigenvalue weighted by atomic mass is 19.4. The van der Waals surface area contributed by atoms with Crippen LogP contribution in [0.1, 0.15) is 51.5 Å². The second kappa shape index (κ2) is 9.82. The van der Waals surface area contributed by atoms with Gasteiger partial charge in [0.15, 0.2) is 0 Å². The van der Waals surface area contributed by atoms with Gasteiger partial charge in [-0.15, -0.1) is 0 Å². The Kier molecular flexibility index (Phi) is 7.24. The average molecular weight is 468 g/mol. The van der Waals surface area contributed by atoms with Crippen LogP contribution in [0, 0.1) is 11.3 Å². The molecule has 0 bridgehead atoms. The Hall–Kier alpha value is -1.80. The number of carbonyl (C=O) groups excluding carboxylic acids is 1. The minimum Gasteiger partial charge on any atom is -0.381 e. The molecule has 1 aliphatic carbocycles. The van der Waals surface area contributed by atoms with Crippen LogP contribution in [-0.4, -0.2) is 62.3 Å². The molecule has 0 spiro atoms. The second-order valence-corrected chi connectivity index (χ2v) is 10.1. The lowest BCUT2D eigenvalue weighted by atomic mass is 9.74. The van der Waals surface area contributed by atoms with Crippen molar-refractivity contribution >= 4 is 11.6 Å². The molecule has 0 aromatic heterocycles. The maximum Gasteiger partial charge on any atom is 0.416 e. The predicted octanol–water partition coefficient (Wildman–Crippen LogP) is 4.32. The number of benzene rings is 1. The third-order valence-electron chi connectivity index (χ3n) is 7.90. The number of anilines is 1. The Morgan fingerprint density at radius 2 is 1.67 bits per heavy atom. The molecule has 1 saturated carbocycles. The molecule has 0 unspecified atom stereocenters. The summed E-state index contributed by atoms with van der Waals surface area (Å²) in [5, 5.41) is 3.79. The van der Waals surface area contributed by atoms with Crippen LogP contribution in [0.15, 0.2) is 24.3 Å². The lowest BCUT2D eigenvalue weighted by molar-refractivity contribution is -0.145. The van der Waals surface area contributed by atoms with Crippen LogP contribution in [0.25, 0.3) is 0 Å². The van der Waals surface area contributed by atoms with Crippen LogP contribution >= 0.6 is 0 Å². The molecule has 184 valence electrons. The van der Waals surface area contributed by atoms with Gasteiger partial charge in [0, 0.05) is 57.2 Å². The number of rotatable bonds is 5. The zero-order valence-electron chi connectivity index (χ0n) is 19.7. The second-order valence-electron chi connectivity index (χ2n) is 10.1.